The Morgan fingerprint density at radius 2 is 1.72 bits per heavy atom. The number of hydrogen-bond donors (Lipinski definition) is 1. The summed E-state index contributed by atoms with van der Waals surface area (Å²) in [5, 5.41) is 3.30. The molecule has 0 aliphatic carbocycles. The first-order chi connectivity index (χ1) is 10.6. The molecule has 0 saturated carbocycles. The molecule has 25 heavy (non-hydrogen) atoms. The minimum atomic E-state index is -4.85. The van der Waals surface area contributed by atoms with Crippen LogP contribution in [0.25, 0.3) is 0 Å². The third-order valence-electron chi connectivity index (χ3n) is 5.24. The van der Waals surface area contributed by atoms with Crippen molar-refractivity contribution in [2.45, 2.75) is 43.9 Å². The van der Waals surface area contributed by atoms with Gasteiger partial charge in [0.05, 0.1) is 16.8 Å². The van der Waals surface area contributed by atoms with Gasteiger partial charge < -0.3 is 9.88 Å². The Labute approximate surface area is 157 Å². The van der Waals surface area contributed by atoms with E-state index in [-0.39, 0.29) is 36.0 Å². The van der Waals surface area contributed by atoms with E-state index in [9.17, 15) is 18.0 Å². The monoisotopic (exact) mass is 401 g/mol. The summed E-state index contributed by atoms with van der Waals surface area (Å²) in [4.78, 5) is 14.1. The first kappa shape index (κ1) is 22.3. The zero-order chi connectivity index (χ0) is 17.0. The van der Waals surface area contributed by atoms with E-state index in [1.807, 2.05) is 20.9 Å². The van der Waals surface area contributed by atoms with Gasteiger partial charge in [0.15, 0.2) is 0 Å². The van der Waals surface area contributed by atoms with E-state index in [1.54, 1.807) is 10.6 Å². The predicted octanol–water partition coefficient (Wildman–Crippen LogP) is 3.34. The minimum absolute atomic E-state index is 0. The van der Waals surface area contributed by atoms with Crippen molar-refractivity contribution >= 4 is 30.6 Å². The highest BCUT2D eigenvalue weighted by Gasteiger charge is 2.50. The zero-order valence-corrected chi connectivity index (χ0v) is 16.1. The molecule has 1 aromatic heterocycles. The normalized spacial score (nSPS) is 21.8. The van der Waals surface area contributed by atoms with Crippen LogP contribution in [-0.4, -0.2) is 48.1 Å². The van der Waals surface area contributed by atoms with Crippen molar-refractivity contribution in [2.24, 2.45) is 0 Å². The van der Waals surface area contributed by atoms with Gasteiger partial charge in [0.1, 0.15) is 0 Å². The molecule has 3 rings (SSSR count). The number of alkyl halides is 3. The fourth-order valence-corrected chi connectivity index (χ4v) is 4.25. The number of halogens is 5. The maximum Gasteiger partial charge on any atom is 0.456 e. The largest absolute Gasteiger partial charge is 0.456 e. The number of fused-ring (bicyclic) bond motifs is 2. The van der Waals surface area contributed by atoms with Crippen molar-refractivity contribution in [3.8, 4) is 0 Å². The Balaban J connectivity index is 0.00000156. The average molecular weight is 402 g/mol. The van der Waals surface area contributed by atoms with Gasteiger partial charge >= 0.3 is 6.18 Å². The number of Topliss-reactive ketones (excluding diaryl/α,β-unsaturated/α-hetero) is 1. The number of likely N-dealkylation sites (N-methyl/N-ethyl adjacent to an activating group) is 1. The maximum absolute atomic E-state index is 13.0. The molecule has 0 aromatic carbocycles. The van der Waals surface area contributed by atoms with Gasteiger partial charge in [-0.1, -0.05) is 0 Å². The fourth-order valence-electron chi connectivity index (χ4n) is 4.25. The van der Waals surface area contributed by atoms with Gasteiger partial charge in [-0.2, -0.15) is 13.2 Å². The Kier molecular flexibility index (Phi) is 6.33. The molecule has 1 spiro atoms. The van der Waals surface area contributed by atoms with Gasteiger partial charge in [-0.25, -0.2) is 0 Å². The van der Waals surface area contributed by atoms with Crippen molar-refractivity contribution in [2.75, 3.05) is 26.7 Å². The lowest BCUT2D eigenvalue weighted by Gasteiger charge is -2.54. The minimum Gasteiger partial charge on any atom is -0.333 e. The van der Waals surface area contributed by atoms with Crippen LogP contribution in [0, 0.1) is 0 Å². The first-order valence-corrected chi connectivity index (χ1v) is 7.86. The third-order valence-corrected chi connectivity index (χ3v) is 5.24. The molecule has 0 atom stereocenters. The highest BCUT2D eigenvalue weighted by atomic mass is 35.5. The Morgan fingerprint density at radius 3 is 2.24 bits per heavy atom. The molecule has 3 heterocycles. The number of carbonyl (C=O) groups excluding carboxylic acids is 1. The summed E-state index contributed by atoms with van der Waals surface area (Å²) in [6, 6.07) is 3.05. The van der Waals surface area contributed by atoms with Crippen LogP contribution < -0.4 is 5.32 Å². The molecule has 2 aliphatic heterocycles. The number of aromatic nitrogens is 1. The van der Waals surface area contributed by atoms with E-state index >= 15 is 0 Å². The van der Waals surface area contributed by atoms with Crippen molar-refractivity contribution in [1.29, 1.82) is 0 Å². The maximum atomic E-state index is 13.0. The highest BCUT2D eigenvalue weighted by molar-refractivity contribution is 5.99. The smallest absolute Gasteiger partial charge is 0.333 e. The summed E-state index contributed by atoms with van der Waals surface area (Å²) >= 11 is 0. The van der Waals surface area contributed by atoms with Crippen molar-refractivity contribution in [3.63, 3.8) is 0 Å². The quantitative estimate of drug-likeness (QED) is 0.733. The second kappa shape index (κ2) is 7.10. The highest BCUT2D eigenvalue weighted by Crippen LogP contribution is 2.45. The van der Waals surface area contributed by atoms with E-state index in [4.69, 9.17) is 0 Å². The first-order valence-electron chi connectivity index (χ1n) is 7.86. The van der Waals surface area contributed by atoms with Crippen molar-refractivity contribution in [3.05, 3.63) is 23.5 Å². The predicted molar refractivity (Wildman–Crippen MR) is 95.0 cm³/mol. The summed E-state index contributed by atoms with van der Waals surface area (Å²) < 4.78 is 40.5. The van der Waals surface area contributed by atoms with Gasteiger partial charge in [0, 0.05) is 12.2 Å². The van der Waals surface area contributed by atoms with Crippen molar-refractivity contribution in [1.82, 2.24) is 14.8 Å². The Hall–Kier alpha value is -0.760. The zero-order valence-electron chi connectivity index (χ0n) is 14.4. The molecule has 1 aromatic rings. The standard InChI is InChI=1S/C16H22F3N3O.2ClH/c1-14(2)10-21(3)15(6-8-20-9-7-15)12-5-4-11(22(12)14)13(23)16(17,18)19;;/h4-5,20H,6-10H2,1-3H3;2*1H. The topological polar surface area (TPSA) is 37.3 Å². The summed E-state index contributed by atoms with van der Waals surface area (Å²) in [7, 11) is 2.02. The number of rotatable bonds is 1. The average Bonchev–Trinajstić information content (AvgIpc) is 2.91. The van der Waals surface area contributed by atoms with Gasteiger partial charge in [-0.05, 0) is 59.0 Å². The Morgan fingerprint density at radius 1 is 1.16 bits per heavy atom. The van der Waals surface area contributed by atoms with Crippen LogP contribution in [0.2, 0.25) is 0 Å². The number of nitrogens with zero attached hydrogens (tertiary/aromatic N) is 2. The van der Waals surface area contributed by atoms with Crippen LogP contribution in [-0.2, 0) is 11.1 Å². The number of nitrogens with one attached hydrogen (secondary N) is 1. The van der Waals surface area contributed by atoms with Gasteiger partial charge in [-0.3, -0.25) is 9.69 Å². The van der Waals surface area contributed by atoms with E-state index in [1.165, 1.54) is 6.07 Å². The number of hydrogen-bond acceptors (Lipinski definition) is 3. The van der Waals surface area contributed by atoms with E-state index in [0.717, 1.165) is 31.6 Å². The van der Waals surface area contributed by atoms with Crippen molar-refractivity contribution < 1.29 is 18.0 Å². The summed E-state index contributed by atoms with van der Waals surface area (Å²) in [6.45, 7) is 6.01. The van der Waals surface area contributed by atoms with E-state index < -0.39 is 17.5 Å². The van der Waals surface area contributed by atoms with Crippen LogP contribution in [0.1, 0.15) is 42.9 Å². The summed E-state index contributed by atoms with van der Waals surface area (Å²) in [6.07, 6.45) is -3.21. The SMILES string of the molecule is CN1CC(C)(C)n2c(C(=O)C(F)(F)F)ccc2C12CCNCC2.Cl.Cl. The fraction of sp³-hybridized carbons (Fsp3) is 0.688. The molecule has 0 bridgehead atoms. The van der Waals surface area contributed by atoms with Gasteiger partial charge in [0.25, 0.3) is 5.78 Å². The molecular formula is C16H24Cl2F3N3O. The Bertz CT molecular complexity index is 637. The summed E-state index contributed by atoms with van der Waals surface area (Å²) in [5.41, 5.74) is -0.293. The molecule has 0 amide bonds. The molecule has 2 aliphatic rings. The van der Waals surface area contributed by atoms with Crippen LogP contribution in [0.5, 0.6) is 0 Å². The van der Waals surface area contributed by atoms with Gasteiger partial charge in [0.2, 0.25) is 0 Å². The molecule has 144 valence electrons. The number of carbonyl (C=O) groups is 1. The summed E-state index contributed by atoms with van der Waals surface area (Å²) in [5.74, 6) is -1.76. The molecule has 1 saturated heterocycles. The van der Waals surface area contributed by atoms with Crippen LogP contribution in [0.4, 0.5) is 13.2 Å². The van der Waals surface area contributed by atoms with E-state index in [2.05, 4.69) is 10.2 Å². The van der Waals surface area contributed by atoms with Crippen LogP contribution in [0.3, 0.4) is 0 Å². The second-order valence-electron chi connectivity index (χ2n) is 7.22. The number of piperidine rings is 1. The lowest BCUT2D eigenvalue weighted by Crippen LogP contribution is -2.60. The van der Waals surface area contributed by atoms with Gasteiger partial charge in [-0.15, -0.1) is 24.8 Å². The van der Waals surface area contributed by atoms with E-state index in [0.29, 0.717) is 6.54 Å². The molecule has 9 heteroatoms. The van der Waals surface area contributed by atoms with Crippen LogP contribution >= 0.6 is 24.8 Å². The molecule has 0 radical (unpaired) electrons. The lowest BCUT2D eigenvalue weighted by molar-refractivity contribution is -0.0896. The number of ketones is 1. The third kappa shape index (κ3) is 3.44. The molecule has 1 fully saturated rings. The molecule has 4 nitrogen and oxygen atoms in total. The second-order valence-corrected chi connectivity index (χ2v) is 7.22. The molecule has 1 N–H and O–H groups in total. The van der Waals surface area contributed by atoms with Crippen LogP contribution in [0.15, 0.2) is 12.1 Å². The lowest BCUT2D eigenvalue weighted by atomic mass is 9.79. The molecule has 0 unspecified atom stereocenters. The molecular weight excluding hydrogens is 378 g/mol.